The normalized spacial score (nSPS) is 26.7. The lowest BCUT2D eigenvalue weighted by atomic mass is 9.83. The van der Waals surface area contributed by atoms with E-state index in [4.69, 9.17) is 14.2 Å². The van der Waals surface area contributed by atoms with E-state index in [1.165, 1.54) is 417 Å². The molecule has 0 aromatic rings. The first-order valence-electron chi connectivity index (χ1n) is 39.2. The third kappa shape index (κ3) is 48.4. The largest absolute Gasteiger partial charge is 0.459 e. The Hall–Kier alpha value is -0.610. The molecular weight excluding hydrogens is 1000 g/mol. The van der Waals surface area contributed by atoms with E-state index in [0.717, 1.165) is 44.9 Å². The molecule has 3 aliphatic rings. The summed E-state index contributed by atoms with van der Waals surface area (Å²) < 4.78 is 20.2. The zero-order valence-corrected chi connectivity index (χ0v) is 56.2. The van der Waals surface area contributed by atoms with Crippen LogP contribution in [-0.2, 0) is 19.0 Å². The molecule has 1 unspecified atom stereocenters. The molecule has 2 spiro atoms. The van der Waals surface area contributed by atoms with Gasteiger partial charge in [-0.15, -0.1) is 0 Å². The topological polar surface area (TPSA) is 44.8 Å². The Kier molecular flexibility index (Phi) is 54.8. The number of rotatable bonds is 0. The lowest BCUT2D eigenvalue weighted by Crippen LogP contribution is -2.40. The number of ether oxygens (including phenoxy) is 3. The van der Waals surface area contributed by atoms with E-state index in [-0.39, 0.29) is 5.97 Å². The fourth-order valence-electron chi connectivity index (χ4n) is 14.8. The fourth-order valence-corrected chi connectivity index (χ4v) is 14.8. The average Bonchev–Trinajstić information content (AvgIpc) is 4.06. The summed E-state index contributed by atoms with van der Waals surface area (Å²) in [7, 11) is 0. The highest BCUT2D eigenvalue weighted by Crippen LogP contribution is 2.39. The Labute approximate surface area is 515 Å². The summed E-state index contributed by atoms with van der Waals surface area (Å²) in [6.45, 7) is 1.40. The van der Waals surface area contributed by atoms with Gasteiger partial charge in [-0.3, -0.25) is 4.79 Å². The number of esters is 1. The van der Waals surface area contributed by atoms with Crippen LogP contribution in [0.3, 0.4) is 0 Å². The van der Waals surface area contributed by atoms with Gasteiger partial charge in [0.05, 0.1) is 13.2 Å². The van der Waals surface area contributed by atoms with Crippen molar-refractivity contribution in [3.05, 3.63) is 0 Å². The summed E-state index contributed by atoms with van der Waals surface area (Å²) in [5, 5.41) is 0. The Morgan fingerprint density at radius 2 is 0.354 bits per heavy atom. The van der Waals surface area contributed by atoms with Crippen LogP contribution >= 0.6 is 0 Å². The predicted molar refractivity (Wildman–Crippen MR) is 360 cm³/mol. The van der Waals surface area contributed by atoms with E-state index in [9.17, 15) is 4.79 Å². The quantitative estimate of drug-likeness (QED) is 0.227. The van der Waals surface area contributed by atoms with Crippen LogP contribution in [0.2, 0.25) is 0 Å². The van der Waals surface area contributed by atoms with Crippen molar-refractivity contribution >= 4 is 5.97 Å². The molecule has 3 fully saturated rings. The maximum absolute atomic E-state index is 14.1. The van der Waals surface area contributed by atoms with E-state index < -0.39 is 11.4 Å². The van der Waals surface area contributed by atoms with Crippen molar-refractivity contribution in [2.24, 2.45) is 0 Å². The lowest BCUT2D eigenvalue weighted by molar-refractivity contribution is -0.186. The Balaban J connectivity index is 1.51. The summed E-state index contributed by atoms with van der Waals surface area (Å²) in [6.07, 6.45) is 99.2. The number of carbonyl (C=O) groups excluding carboxylic acids is 1. The molecule has 4 heteroatoms. The molecular formula is C78H150O4. The highest BCUT2D eigenvalue weighted by Gasteiger charge is 2.41. The molecule has 1 saturated carbocycles. The van der Waals surface area contributed by atoms with Crippen molar-refractivity contribution in [3.8, 4) is 0 Å². The van der Waals surface area contributed by atoms with Crippen molar-refractivity contribution in [2.45, 2.75) is 480 Å². The highest BCUT2D eigenvalue weighted by molar-refractivity contribution is 5.69. The SMILES string of the molecule is O=C1CCCCCCCCCCCCCCCCCCCCCCCCCCCCCCCCCCCCCCCCCCCCCCC2(CCCCCCCCCCCCCCCCCCCCCCCCCC3(CC2)OCCO3)O1. The van der Waals surface area contributed by atoms with Crippen LogP contribution in [0.25, 0.3) is 0 Å². The van der Waals surface area contributed by atoms with Crippen LogP contribution in [0.1, 0.15) is 469 Å². The number of hydrogen-bond acceptors (Lipinski definition) is 4. The summed E-state index contributed by atoms with van der Waals surface area (Å²) in [5.74, 6) is -0.424. The molecule has 0 N–H and O–H groups in total. The average molecular weight is 1150 g/mol. The molecule has 2 aliphatic heterocycles. The van der Waals surface area contributed by atoms with E-state index in [2.05, 4.69) is 0 Å². The highest BCUT2D eigenvalue weighted by atomic mass is 16.7. The van der Waals surface area contributed by atoms with Gasteiger partial charge in [-0.05, 0) is 44.9 Å². The van der Waals surface area contributed by atoms with Gasteiger partial charge < -0.3 is 14.2 Å². The smallest absolute Gasteiger partial charge is 0.306 e. The van der Waals surface area contributed by atoms with Crippen LogP contribution in [0.15, 0.2) is 0 Å². The maximum atomic E-state index is 14.1. The molecule has 0 amide bonds. The molecule has 4 nitrogen and oxygen atoms in total. The zero-order chi connectivity index (χ0) is 57.7. The third-order valence-electron chi connectivity index (χ3n) is 20.6. The Bertz CT molecular complexity index is 1280. The fraction of sp³-hybridized carbons (Fsp3) is 0.987. The van der Waals surface area contributed by atoms with Gasteiger partial charge in [-0.1, -0.05) is 405 Å². The van der Waals surface area contributed by atoms with Crippen LogP contribution in [0.4, 0.5) is 0 Å². The second-order valence-electron chi connectivity index (χ2n) is 28.5. The molecule has 0 radical (unpaired) electrons. The van der Waals surface area contributed by atoms with Crippen LogP contribution in [0.5, 0.6) is 0 Å². The zero-order valence-electron chi connectivity index (χ0n) is 56.2. The van der Waals surface area contributed by atoms with Gasteiger partial charge in [-0.25, -0.2) is 0 Å². The van der Waals surface area contributed by atoms with Gasteiger partial charge in [0.2, 0.25) is 0 Å². The van der Waals surface area contributed by atoms with Crippen molar-refractivity contribution in [2.75, 3.05) is 13.2 Å². The standard InChI is InChI=1S/C78H150O4/c79-76-68-64-60-56-52-48-44-40-36-32-28-24-21-19-17-15-13-11-9-7-5-3-1-2-4-6-8-10-12-14-16-18-20-22-25-29-33-37-41-45-49-53-57-61-65-69-77(82-76)70-66-62-58-54-50-46-42-38-34-30-26-23-27-31-35-39-43-47-51-55-59-63-67-71-78(73-72-77)80-74-75-81-78/h1-75H2. The second-order valence-corrected chi connectivity index (χ2v) is 28.5. The van der Waals surface area contributed by atoms with Crippen molar-refractivity contribution in [1.29, 1.82) is 0 Å². The van der Waals surface area contributed by atoms with Gasteiger partial charge in [0.25, 0.3) is 0 Å². The predicted octanol–water partition coefficient (Wildman–Crippen LogP) is 27.5. The first kappa shape index (κ1) is 75.6. The number of hydrogen-bond donors (Lipinski definition) is 0. The first-order valence-corrected chi connectivity index (χ1v) is 39.2. The number of carbonyl (C=O) groups is 1. The molecule has 82 heavy (non-hydrogen) atoms. The van der Waals surface area contributed by atoms with Crippen LogP contribution in [-0.4, -0.2) is 30.6 Å². The van der Waals surface area contributed by atoms with Gasteiger partial charge in [0, 0.05) is 19.3 Å². The summed E-state index contributed by atoms with van der Waals surface area (Å²) in [6, 6.07) is 0. The van der Waals surface area contributed by atoms with Crippen LogP contribution < -0.4 is 0 Å². The van der Waals surface area contributed by atoms with Gasteiger partial charge >= 0.3 is 5.97 Å². The van der Waals surface area contributed by atoms with Gasteiger partial charge in [0.1, 0.15) is 5.60 Å². The monoisotopic (exact) mass is 1150 g/mol. The van der Waals surface area contributed by atoms with E-state index >= 15 is 0 Å². The minimum Gasteiger partial charge on any atom is -0.459 e. The lowest BCUT2D eigenvalue weighted by Gasteiger charge is -2.37. The summed E-state index contributed by atoms with van der Waals surface area (Å²) in [4.78, 5) is 14.1. The first-order chi connectivity index (χ1) is 40.7. The van der Waals surface area contributed by atoms with Gasteiger partial charge in [0.15, 0.2) is 5.79 Å². The molecule has 2 saturated heterocycles. The van der Waals surface area contributed by atoms with Crippen molar-refractivity contribution < 1.29 is 19.0 Å². The van der Waals surface area contributed by atoms with E-state index in [1.54, 1.807) is 0 Å². The molecule has 486 valence electrons. The minimum atomic E-state index is -0.500. The molecule has 0 aromatic carbocycles. The van der Waals surface area contributed by atoms with E-state index in [0.29, 0.717) is 19.6 Å². The third-order valence-corrected chi connectivity index (χ3v) is 20.6. The molecule has 1 aliphatic carbocycles. The minimum absolute atomic E-state index is 0.0759. The Morgan fingerprint density at radius 1 is 0.183 bits per heavy atom. The Morgan fingerprint density at radius 3 is 0.561 bits per heavy atom. The summed E-state index contributed by atoms with van der Waals surface area (Å²) >= 11 is 0. The van der Waals surface area contributed by atoms with Crippen molar-refractivity contribution in [3.63, 3.8) is 0 Å². The second kappa shape index (κ2) is 59.4. The molecule has 0 bridgehead atoms. The molecule has 3 rings (SSSR count). The molecule has 2 heterocycles. The molecule has 1 atom stereocenters. The van der Waals surface area contributed by atoms with Crippen LogP contribution in [0, 0.1) is 0 Å². The van der Waals surface area contributed by atoms with Gasteiger partial charge in [-0.2, -0.15) is 0 Å². The maximum Gasteiger partial charge on any atom is 0.306 e. The van der Waals surface area contributed by atoms with E-state index in [1.807, 2.05) is 0 Å². The molecule has 0 aromatic heterocycles. The van der Waals surface area contributed by atoms with Crippen molar-refractivity contribution in [1.82, 2.24) is 0 Å². The summed E-state index contributed by atoms with van der Waals surface area (Å²) in [5.41, 5.74) is -0.399.